The lowest BCUT2D eigenvalue weighted by Gasteiger charge is -2.25. The van der Waals surface area contributed by atoms with E-state index >= 15 is 0 Å². The van der Waals surface area contributed by atoms with Gasteiger partial charge in [0.05, 0.1) is 0 Å². The number of anilines is 2. The molecule has 0 spiro atoms. The third-order valence-electron chi connectivity index (χ3n) is 4.10. The van der Waals surface area contributed by atoms with Gasteiger partial charge in [0.25, 0.3) is 0 Å². The van der Waals surface area contributed by atoms with E-state index in [4.69, 9.17) is 0 Å². The summed E-state index contributed by atoms with van der Waals surface area (Å²) >= 11 is 0. The number of amides is 2. The topological polar surface area (TPSA) is 40.6 Å². The molecular formula is C20H24N2O2. The molecule has 0 fully saturated rings. The van der Waals surface area contributed by atoms with E-state index < -0.39 is 0 Å². The molecule has 0 saturated heterocycles. The van der Waals surface area contributed by atoms with Gasteiger partial charge in [-0.3, -0.25) is 9.59 Å². The second-order valence-corrected chi connectivity index (χ2v) is 6.00. The number of carbonyl (C=O) groups is 2. The Bertz CT molecular complexity index is 726. The fraction of sp³-hybridized carbons (Fsp3) is 0.300. The highest BCUT2D eigenvalue weighted by molar-refractivity contribution is 5.96. The van der Waals surface area contributed by atoms with Crippen LogP contribution in [-0.4, -0.2) is 25.4 Å². The molecule has 0 radical (unpaired) electrons. The minimum absolute atomic E-state index is 0.0160. The van der Waals surface area contributed by atoms with Gasteiger partial charge in [0.1, 0.15) is 0 Å². The fourth-order valence-electron chi connectivity index (χ4n) is 2.63. The van der Waals surface area contributed by atoms with Gasteiger partial charge in [-0.05, 0) is 43.2 Å². The van der Waals surface area contributed by atoms with Crippen molar-refractivity contribution in [3.63, 3.8) is 0 Å². The number of rotatable bonds is 5. The summed E-state index contributed by atoms with van der Waals surface area (Å²) in [5, 5.41) is 0. The largest absolute Gasteiger partial charge is 0.315 e. The first kappa shape index (κ1) is 17.7. The summed E-state index contributed by atoms with van der Waals surface area (Å²) in [5.74, 6) is -0.0726. The summed E-state index contributed by atoms with van der Waals surface area (Å²) in [7, 11) is 1.76. The third-order valence-corrected chi connectivity index (χ3v) is 4.10. The Labute approximate surface area is 143 Å². The molecule has 0 atom stereocenters. The number of hydrogen-bond acceptors (Lipinski definition) is 2. The first-order chi connectivity index (χ1) is 11.4. The SMILES string of the molecule is CC(=O)N(CCC(=O)N(C)c1ccccc1)c1cc(C)ccc1C. The van der Waals surface area contributed by atoms with Crippen LogP contribution in [0.1, 0.15) is 24.5 Å². The molecule has 4 nitrogen and oxygen atoms in total. The van der Waals surface area contributed by atoms with Crippen molar-refractivity contribution in [1.29, 1.82) is 0 Å². The van der Waals surface area contributed by atoms with Crippen LogP contribution in [0.2, 0.25) is 0 Å². The predicted molar refractivity (Wildman–Crippen MR) is 98.4 cm³/mol. The molecule has 2 aromatic rings. The Morgan fingerprint density at radius 2 is 1.67 bits per heavy atom. The molecule has 4 heteroatoms. The first-order valence-corrected chi connectivity index (χ1v) is 8.07. The minimum atomic E-state index is -0.0566. The van der Waals surface area contributed by atoms with Gasteiger partial charge in [-0.25, -0.2) is 0 Å². The molecule has 0 bridgehead atoms. The van der Waals surface area contributed by atoms with E-state index in [9.17, 15) is 9.59 Å². The van der Waals surface area contributed by atoms with E-state index in [-0.39, 0.29) is 18.2 Å². The van der Waals surface area contributed by atoms with Crippen LogP contribution >= 0.6 is 0 Å². The zero-order valence-corrected chi connectivity index (χ0v) is 14.7. The predicted octanol–water partition coefficient (Wildman–Crippen LogP) is 3.71. The van der Waals surface area contributed by atoms with Crippen molar-refractivity contribution in [2.75, 3.05) is 23.4 Å². The van der Waals surface area contributed by atoms with Gasteiger partial charge in [0.2, 0.25) is 11.8 Å². The maximum atomic E-state index is 12.4. The quantitative estimate of drug-likeness (QED) is 0.841. The number of benzene rings is 2. The molecule has 24 heavy (non-hydrogen) atoms. The number of aryl methyl sites for hydroxylation is 2. The van der Waals surface area contributed by atoms with E-state index in [0.717, 1.165) is 22.5 Å². The van der Waals surface area contributed by atoms with E-state index in [1.807, 2.05) is 62.4 Å². The van der Waals surface area contributed by atoms with E-state index in [2.05, 4.69) is 0 Å². The van der Waals surface area contributed by atoms with Crippen LogP contribution in [0.25, 0.3) is 0 Å². The Hall–Kier alpha value is -2.62. The average Bonchev–Trinajstić information content (AvgIpc) is 2.57. The summed E-state index contributed by atoms with van der Waals surface area (Å²) < 4.78 is 0. The smallest absolute Gasteiger partial charge is 0.228 e. The maximum Gasteiger partial charge on any atom is 0.228 e. The second kappa shape index (κ2) is 7.77. The van der Waals surface area contributed by atoms with Crippen LogP contribution < -0.4 is 9.80 Å². The zero-order chi connectivity index (χ0) is 17.7. The van der Waals surface area contributed by atoms with Crippen LogP contribution in [-0.2, 0) is 9.59 Å². The van der Waals surface area contributed by atoms with Crippen molar-refractivity contribution in [3.8, 4) is 0 Å². The molecule has 2 amide bonds. The Balaban J connectivity index is 2.10. The molecule has 126 valence electrons. The van der Waals surface area contributed by atoms with Crippen LogP contribution in [0.3, 0.4) is 0 Å². The molecule has 0 heterocycles. The summed E-state index contributed by atoms with van der Waals surface area (Å²) in [6.45, 7) is 5.88. The highest BCUT2D eigenvalue weighted by Crippen LogP contribution is 2.22. The molecule has 0 aliphatic heterocycles. The van der Waals surface area contributed by atoms with Crippen LogP contribution in [0.5, 0.6) is 0 Å². The van der Waals surface area contributed by atoms with Gasteiger partial charge in [-0.1, -0.05) is 30.3 Å². The number of carbonyl (C=O) groups excluding carboxylic acids is 2. The molecule has 0 unspecified atom stereocenters. The molecule has 0 aliphatic carbocycles. The normalized spacial score (nSPS) is 10.3. The highest BCUT2D eigenvalue weighted by atomic mass is 16.2. The van der Waals surface area contributed by atoms with Crippen molar-refractivity contribution < 1.29 is 9.59 Å². The molecular weight excluding hydrogens is 300 g/mol. The first-order valence-electron chi connectivity index (χ1n) is 8.07. The lowest BCUT2D eigenvalue weighted by molar-refractivity contribution is -0.118. The van der Waals surface area contributed by atoms with Crippen molar-refractivity contribution in [2.24, 2.45) is 0 Å². The average molecular weight is 324 g/mol. The van der Waals surface area contributed by atoms with Gasteiger partial charge >= 0.3 is 0 Å². The lowest BCUT2D eigenvalue weighted by atomic mass is 10.1. The Kier molecular flexibility index (Phi) is 5.74. The Morgan fingerprint density at radius 3 is 2.29 bits per heavy atom. The molecule has 0 aliphatic rings. The monoisotopic (exact) mass is 324 g/mol. The van der Waals surface area contributed by atoms with Crippen LogP contribution in [0, 0.1) is 13.8 Å². The van der Waals surface area contributed by atoms with Gasteiger partial charge in [-0.15, -0.1) is 0 Å². The molecule has 0 saturated carbocycles. The number of nitrogens with zero attached hydrogens (tertiary/aromatic N) is 2. The Morgan fingerprint density at radius 1 is 1.00 bits per heavy atom. The van der Waals surface area contributed by atoms with Gasteiger partial charge in [0.15, 0.2) is 0 Å². The summed E-state index contributed by atoms with van der Waals surface area (Å²) in [6, 6.07) is 15.5. The summed E-state index contributed by atoms with van der Waals surface area (Å²) in [6.07, 6.45) is 0.276. The van der Waals surface area contributed by atoms with E-state index in [1.165, 1.54) is 6.92 Å². The van der Waals surface area contributed by atoms with Crippen molar-refractivity contribution in [2.45, 2.75) is 27.2 Å². The standard InChI is InChI=1S/C20H24N2O2/c1-15-10-11-16(2)19(14-15)22(17(3)23)13-12-20(24)21(4)18-8-6-5-7-9-18/h5-11,14H,12-13H2,1-4H3. The molecule has 0 N–H and O–H groups in total. The number of hydrogen-bond donors (Lipinski definition) is 0. The highest BCUT2D eigenvalue weighted by Gasteiger charge is 2.17. The summed E-state index contributed by atoms with van der Waals surface area (Å²) in [5.41, 5.74) is 3.84. The second-order valence-electron chi connectivity index (χ2n) is 6.00. The van der Waals surface area contributed by atoms with Crippen molar-refractivity contribution in [3.05, 3.63) is 59.7 Å². The van der Waals surface area contributed by atoms with E-state index in [1.54, 1.807) is 16.8 Å². The molecule has 2 aromatic carbocycles. The zero-order valence-electron chi connectivity index (χ0n) is 14.7. The third kappa shape index (κ3) is 4.22. The maximum absolute atomic E-state index is 12.4. The van der Waals surface area contributed by atoms with Gasteiger partial charge < -0.3 is 9.80 Å². The number of para-hydroxylation sites is 1. The minimum Gasteiger partial charge on any atom is -0.315 e. The molecule has 0 aromatic heterocycles. The van der Waals surface area contributed by atoms with Crippen LogP contribution in [0.15, 0.2) is 48.5 Å². The van der Waals surface area contributed by atoms with Gasteiger partial charge in [-0.2, -0.15) is 0 Å². The van der Waals surface area contributed by atoms with Crippen LogP contribution in [0.4, 0.5) is 11.4 Å². The van der Waals surface area contributed by atoms with E-state index in [0.29, 0.717) is 6.54 Å². The van der Waals surface area contributed by atoms with Crippen molar-refractivity contribution >= 4 is 23.2 Å². The van der Waals surface area contributed by atoms with Gasteiger partial charge in [0, 0.05) is 38.3 Å². The fourth-order valence-corrected chi connectivity index (χ4v) is 2.63. The summed E-state index contributed by atoms with van der Waals surface area (Å²) in [4.78, 5) is 27.8. The molecule has 2 rings (SSSR count). The van der Waals surface area contributed by atoms with Crippen molar-refractivity contribution in [1.82, 2.24) is 0 Å². The lowest BCUT2D eigenvalue weighted by Crippen LogP contribution is -2.35.